The second-order valence-corrected chi connectivity index (χ2v) is 5.97. The summed E-state index contributed by atoms with van der Waals surface area (Å²) in [6.45, 7) is 5.59. The fourth-order valence-corrected chi connectivity index (χ4v) is 3.09. The van der Waals surface area contributed by atoms with Gasteiger partial charge in [-0.05, 0) is 45.4 Å². The third-order valence-electron chi connectivity index (χ3n) is 4.54. The molecule has 0 bridgehead atoms. The van der Waals surface area contributed by atoms with Crippen molar-refractivity contribution in [3.05, 3.63) is 0 Å². The lowest BCUT2D eigenvalue weighted by Crippen LogP contribution is -2.59. The number of likely N-dealkylation sites (tertiary alicyclic amines) is 1. The van der Waals surface area contributed by atoms with E-state index in [1.165, 1.54) is 32.1 Å². The number of aliphatic hydroxyl groups is 1. The van der Waals surface area contributed by atoms with Crippen molar-refractivity contribution in [2.24, 2.45) is 11.7 Å². The summed E-state index contributed by atoms with van der Waals surface area (Å²) in [5.41, 5.74) is 6.02. The summed E-state index contributed by atoms with van der Waals surface area (Å²) in [5.74, 6) is 0.554. The molecule has 0 radical (unpaired) electrons. The first-order valence-electron chi connectivity index (χ1n) is 6.72. The molecule has 1 unspecified atom stereocenters. The van der Waals surface area contributed by atoms with Crippen LogP contribution in [0.4, 0.5) is 0 Å². The van der Waals surface area contributed by atoms with E-state index in [1.807, 2.05) is 0 Å². The number of aliphatic hydroxyl groups excluding tert-OH is 1. The van der Waals surface area contributed by atoms with Gasteiger partial charge in [0.25, 0.3) is 0 Å². The van der Waals surface area contributed by atoms with Crippen molar-refractivity contribution in [3.63, 3.8) is 0 Å². The van der Waals surface area contributed by atoms with Gasteiger partial charge in [-0.15, -0.1) is 0 Å². The third-order valence-corrected chi connectivity index (χ3v) is 4.54. The zero-order chi connectivity index (χ0) is 11.8. The molecule has 94 valence electrons. The van der Waals surface area contributed by atoms with Crippen LogP contribution in [0.3, 0.4) is 0 Å². The zero-order valence-corrected chi connectivity index (χ0v) is 10.7. The van der Waals surface area contributed by atoms with Crippen LogP contribution in [-0.4, -0.2) is 40.8 Å². The summed E-state index contributed by atoms with van der Waals surface area (Å²) in [4.78, 5) is 2.51. The molecule has 2 fully saturated rings. The van der Waals surface area contributed by atoms with Crippen LogP contribution in [0.15, 0.2) is 0 Å². The highest BCUT2D eigenvalue weighted by Crippen LogP contribution is 2.39. The van der Waals surface area contributed by atoms with Crippen LogP contribution in [0.1, 0.15) is 46.0 Å². The minimum atomic E-state index is -0.347. The van der Waals surface area contributed by atoms with Crippen LogP contribution in [0, 0.1) is 5.92 Å². The summed E-state index contributed by atoms with van der Waals surface area (Å²) in [7, 11) is 0. The Morgan fingerprint density at radius 3 is 2.19 bits per heavy atom. The molecule has 0 amide bonds. The lowest BCUT2D eigenvalue weighted by molar-refractivity contribution is 0.0476. The maximum Gasteiger partial charge on any atom is 0.0626 e. The average Bonchev–Trinajstić information content (AvgIpc) is 3.07. The quantitative estimate of drug-likeness (QED) is 0.761. The highest BCUT2D eigenvalue weighted by Gasteiger charge is 2.44. The van der Waals surface area contributed by atoms with Crippen LogP contribution in [0.2, 0.25) is 0 Å². The third kappa shape index (κ3) is 2.41. The second-order valence-electron chi connectivity index (χ2n) is 5.97. The molecular formula is C13H26N2O. The molecule has 2 aliphatic rings. The molecule has 0 aromatic heterocycles. The van der Waals surface area contributed by atoms with E-state index in [1.54, 1.807) is 0 Å². The second kappa shape index (κ2) is 4.63. The number of nitrogens with two attached hydrogens (primary N) is 1. The molecule has 3 heteroatoms. The normalized spacial score (nSPS) is 36.0. The topological polar surface area (TPSA) is 49.5 Å². The van der Waals surface area contributed by atoms with Crippen LogP contribution in [0.5, 0.6) is 0 Å². The van der Waals surface area contributed by atoms with Crippen molar-refractivity contribution in [1.29, 1.82) is 0 Å². The SMILES string of the molecule is C[C@@H]1CCC[C@H](C)N1CC(N)(CO)C1CC1. The molecule has 3 atom stereocenters. The first-order valence-corrected chi connectivity index (χ1v) is 6.72. The van der Waals surface area contributed by atoms with E-state index in [-0.39, 0.29) is 12.1 Å². The monoisotopic (exact) mass is 226 g/mol. The van der Waals surface area contributed by atoms with Gasteiger partial charge in [-0.3, -0.25) is 4.90 Å². The Hall–Kier alpha value is -0.120. The lowest BCUT2D eigenvalue weighted by atomic mass is 9.90. The Kier molecular flexibility index (Phi) is 3.57. The molecule has 0 spiro atoms. The summed E-state index contributed by atoms with van der Waals surface area (Å²) in [5, 5.41) is 9.55. The Morgan fingerprint density at radius 2 is 1.75 bits per heavy atom. The number of piperidine rings is 1. The largest absolute Gasteiger partial charge is 0.394 e. The Morgan fingerprint density at radius 1 is 1.19 bits per heavy atom. The van der Waals surface area contributed by atoms with Crippen molar-refractivity contribution >= 4 is 0 Å². The van der Waals surface area contributed by atoms with Gasteiger partial charge in [-0.25, -0.2) is 0 Å². The number of nitrogens with zero attached hydrogens (tertiary/aromatic N) is 1. The van der Waals surface area contributed by atoms with Crippen molar-refractivity contribution in [1.82, 2.24) is 4.90 Å². The molecule has 0 aromatic carbocycles. The minimum absolute atomic E-state index is 0.133. The van der Waals surface area contributed by atoms with Crippen molar-refractivity contribution in [3.8, 4) is 0 Å². The maximum absolute atomic E-state index is 9.55. The average molecular weight is 226 g/mol. The molecule has 0 aromatic rings. The molecule has 1 heterocycles. The highest BCUT2D eigenvalue weighted by atomic mass is 16.3. The first kappa shape index (κ1) is 12.3. The smallest absolute Gasteiger partial charge is 0.0626 e. The van der Waals surface area contributed by atoms with Crippen LogP contribution in [0.25, 0.3) is 0 Å². The van der Waals surface area contributed by atoms with Crippen LogP contribution < -0.4 is 5.73 Å². The predicted molar refractivity (Wildman–Crippen MR) is 66.2 cm³/mol. The van der Waals surface area contributed by atoms with Crippen molar-refractivity contribution < 1.29 is 5.11 Å². The van der Waals surface area contributed by atoms with E-state index in [4.69, 9.17) is 5.73 Å². The van der Waals surface area contributed by atoms with E-state index in [0.29, 0.717) is 18.0 Å². The molecule has 1 aliphatic carbocycles. The predicted octanol–water partition coefficient (Wildman–Crippen LogP) is 1.35. The van der Waals surface area contributed by atoms with Crippen molar-refractivity contribution in [2.45, 2.75) is 63.6 Å². The number of hydrogen-bond donors (Lipinski definition) is 2. The Labute approximate surface area is 99.0 Å². The van der Waals surface area contributed by atoms with Gasteiger partial charge in [0, 0.05) is 18.6 Å². The van der Waals surface area contributed by atoms with Gasteiger partial charge in [0.15, 0.2) is 0 Å². The lowest BCUT2D eigenvalue weighted by Gasteiger charge is -2.44. The fourth-order valence-electron chi connectivity index (χ4n) is 3.09. The minimum Gasteiger partial charge on any atom is -0.394 e. The summed E-state index contributed by atoms with van der Waals surface area (Å²) < 4.78 is 0. The molecule has 1 saturated heterocycles. The number of hydrogen-bond acceptors (Lipinski definition) is 3. The van der Waals surface area contributed by atoms with E-state index < -0.39 is 0 Å². The molecule has 16 heavy (non-hydrogen) atoms. The summed E-state index contributed by atoms with van der Waals surface area (Å²) in [6, 6.07) is 1.24. The van der Waals surface area contributed by atoms with Gasteiger partial charge < -0.3 is 10.8 Å². The molecule has 3 N–H and O–H groups in total. The molecule has 1 aliphatic heterocycles. The summed E-state index contributed by atoms with van der Waals surface area (Å²) >= 11 is 0. The van der Waals surface area contributed by atoms with E-state index in [0.717, 1.165) is 6.54 Å². The molecule has 2 rings (SSSR count). The fraction of sp³-hybridized carbons (Fsp3) is 1.00. The van der Waals surface area contributed by atoms with Crippen molar-refractivity contribution in [2.75, 3.05) is 13.2 Å². The van der Waals surface area contributed by atoms with Gasteiger partial charge in [0.2, 0.25) is 0 Å². The Bertz CT molecular complexity index is 232. The van der Waals surface area contributed by atoms with E-state index in [2.05, 4.69) is 18.7 Å². The number of rotatable bonds is 4. The summed E-state index contributed by atoms with van der Waals surface area (Å²) in [6.07, 6.45) is 6.29. The maximum atomic E-state index is 9.55. The van der Waals surface area contributed by atoms with E-state index >= 15 is 0 Å². The van der Waals surface area contributed by atoms with Gasteiger partial charge >= 0.3 is 0 Å². The molecule has 3 nitrogen and oxygen atoms in total. The highest BCUT2D eigenvalue weighted by molar-refractivity contribution is 5.01. The van der Waals surface area contributed by atoms with Gasteiger partial charge in [-0.1, -0.05) is 6.42 Å². The Balaban J connectivity index is 2.00. The van der Waals surface area contributed by atoms with Gasteiger partial charge in [-0.2, -0.15) is 0 Å². The first-order chi connectivity index (χ1) is 7.57. The standard InChI is InChI=1S/C13H26N2O/c1-10-4-3-5-11(2)15(10)8-13(14,9-16)12-6-7-12/h10-12,16H,3-9,14H2,1-2H3/t10-,11+,13?. The molecular weight excluding hydrogens is 200 g/mol. The van der Waals surface area contributed by atoms with E-state index in [9.17, 15) is 5.11 Å². The molecule has 1 saturated carbocycles. The zero-order valence-electron chi connectivity index (χ0n) is 10.7. The van der Waals surface area contributed by atoms with Gasteiger partial charge in [0.1, 0.15) is 0 Å². The van der Waals surface area contributed by atoms with Crippen LogP contribution >= 0.6 is 0 Å². The van der Waals surface area contributed by atoms with Crippen LogP contribution in [-0.2, 0) is 0 Å². The van der Waals surface area contributed by atoms with Gasteiger partial charge in [0.05, 0.1) is 12.1 Å².